The van der Waals surface area contributed by atoms with Gasteiger partial charge in [0, 0.05) is 0 Å². The highest BCUT2D eigenvalue weighted by Gasteiger charge is 2.43. The Bertz CT molecular complexity index is 147. The quantitative estimate of drug-likeness (QED) is 0.497. The van der Waals surface area contributed by atoms with Crippen LogP contribution in [0.3, 0.4) is 0 Å². The lowest BCUT2D eigenvalue weighted by atomic mass is 9.55. The van der Waals surface area contributed by atoms with E-state index in [1.54, 1.807) is 44.9 Å². The van der Waals surface area contributed by atoms with Gasteiger partial charge in [-0.1, -0.05) is 25.7 Å². The summed E-state index contributed by atoms with van der Waals surface area (Å²) in [6, 6.07) is 0. The molecule has 0 aromatic heterocycles. The van der Waals surface area contributed by atoms with Crippen molar-refractivity contribution in [1.29, 1.82) is 0 Å². The lowest BCUT2D eigenvalue weighted by Gasteiger charge is -2.51. The molecule has 4 aliphatic carbocycles. The minimum absolute atomic E-state index is 1.16. The van der Waals surface area contributed by atoms with Crippen LogP contribution in [0.5, 0.6) is 0 Å². The van der Waals surface area contributed by atoms with Crippen LogP contribution in [0.4, 0.5) is 0 Å². The number of hydrogen-bond acceptors (Lipinski definition) is 0. The molecule has 62 valence electrons. The third kappa shape index (κ3) is 0.878. The van der Waals surface area contributed by atoms with Crippen LogP contribution in [0.25, 0.3) is 0 Å². The second-order valence-corrected chi connectivity index (χ2v) is 5.03. The van der Waals surface area contributed by atoms with Gasteiger partial charge in [0.15, 0.2) is 0 Å². The van der Waals surface area contributed by atoms with Crippen molar-refractivity contribution in [2.45, 2.75) is 44.9 Å². The van der Waals surface area contributed by atoms with Crippen molar-refractivity contribution in [3.63, 3.8) is 0 Å². The Balaban J connectivity index is 1.88. The van der Waals surface area contributed by atoms with Crippen molar-refractivity contribution in [3.8, 4) is 0 Å². The summed E-state index contributed by atoms with van der Waals surface area (Å²) in [6.45, 7) is 0. The van der Waals surface area contributed by atoms with Gasteiger partial charge in [0.25, 0.3) is 0 Å². The van der Waals surface area contributed by atoms with Gasteiger partial charge in [0.2, 0.25) is 0 Å². The summed E-state index contributed by atoms with van der Waals surface area (Å²) in [6.07, 6.45) is 11.1. The van der Waals surface area contributed by atoms with Crippen molar-refractivity contribution in [3.05, 3.63) is 0 Å². The van der Waals surface area contributed by atoms with Crippen LogP contribution in [0.2, 0.25) is 0 Å². The minimum Gasteiger partial charge on any atom is -0.0528 e. The van der Waals surface area contributed by atoms with Gasteiger partial charge in [0.05, 0.1) is 0 Å². The van der Waals surface area contributed by atoms with E-state index in [4.69, 9.17) is 0 Å². The van der Waals surface area contributed by atoms with Crippen LogP contribution < -0.4 is 0 Å². The highest BCUT2D eigenvalue weighted by Crippen LogP contribution is 2.54. The van der Waals surface area contributed by atoms with E-state index in [1.807, 2.05) is 0 Å². The van der Waals surface area contributed by atoms with Crippen molar-refractivity contribution >= 4 is 0 Å². The molecule has 0 saturated heterocycles. The Morgan fingerprint density at radius 2 is 1.45 bits per heavy atom. The molecule has 0 aromatic carbocycles. The molecular weight excluding hydrogens is 132 g/mol. The molecule has 4 aliphatic rings. The third-order valence-corrected chi connectivity index (χ3v) is 4.54. The highest BCUT2D eigenvalue weighted by atomic mass is 14.5. The second-order valence-electron chi connectivity index (χ2n) is 5.03. The molecule has 4 atom stereocenters. The largest absolute Gasteiger partial charge is 0.0528 e. The predicted molar refractivity (Wildman–Crippen MR) is 46.3 cm³/mol. The Kier molecular flexibility index (Phi) is 1.33. The van der Waals surface area contributed by atoms with E-state index in [1.165, 1.54) is 17.8 Å². The fourth-order valence-corrected chi connectivity index (χ4v) is 4.13. The molecule has 4 rings (SSSR count). The summed E-state index contributed by atoms with van der Waals surface area (Å²) in [5.74, 6) is 4.71. The second kappa shape index (κ2) is 2.24. The Hall–Kier alpha value is 0. The first-order valence-corrected chi connectivity index (χ1v) is 5.43. The van der Waals surface area contributed by atoms with Gasteiger partial charge in [-0.2, -0.15) is 0 Å². The van der Waals surface area contributed by atoms with Crippen LogP contribution in [-0.2, 0) is 0 Å². The summed E-state index contributed by atoms with van der Waals surface area (Å²) < 4.78 is 0. The lowest BCUT2D eigenvalue weighted by molar-refractivity contribution is -0.000719. The molecular formula is C11H18. The average Bonchev–Trinajstić information content (AvgIpc) is 2.05. The van der Waals surface area contributed by atoms with Gasteiger partial charge in [-0.15, -0.1) is 0 Å². The molecule has 0 aromatic rings. The fourth-order valence-electron chi connectivity index (χ4n) is 4.13. The van der Waals surface area contributed by atoms with Gasteiger partial charge >= 0.3 is 0 Å². The Morgan fingerprint density at radius 3 is 2.00 bits per heavy atom. The first kappa shape index (κ1) is 6.51. The highest BCUT2D eigenvalue weighted by molar-refractivity contribution is 4.94. The van der Waals surface area contributed by atoms with Crippen LogP contribution >= 0.6 is 0 Å². The topological polar surface area (TPSA) is 0 Å². The number of hydrogen-bond donors (Lipinski definition) is 0. The summed E-state index contributed by atoms with van der Waals surface area (Å²) in [5, 5.41) is 0. The van der Waals surface area contributed by atoms with Crippen molar-refractivity contribution in [2.24, 2.45) is 23.7 Å². The summed E-state index contributed by atoms with van der Waals surface area (Å²) in [7, 11) is 0. The molecule has 4 saturated carbocycles. The van der Waals surface area contributed by atoms with Gasteiger partial charge in [-0.3, -0.25) is 0 Å². The normalized spacial score (nSPS) is 54.5. The maximum Gasteiger partial charge on any atom is -0.0357 e. The molecule has 0 spiro atoms. The Labute approximate surface area is 69.4 Å². The monoisotopic (exact) mass is 150 g/mol. The van der Waals surface area contributed by atoms with Crippen LogP contribution in [0.1, 0.15) is 44.9 Å². The predicted octanol–water partition coefficient (Wildman–Crippen LogP) is 3.22. The SMILES string of the molecule is C1C[C@@H]2CC3CCC2[C@@H](C1)C3. The van der Waals surface area contributed by atoms with Crippen molar-refractivity contribution < 1.29 is 0 Å². The molecule has 2 unspecified atom stereocenters. The number of rotatable bonds is 0. The summed E-state index contributed by atoms with van der Waals surface area (Å²) >= 11 is 0. The average molecular weight is 150 g/mol. The fraction of sp³-hybridized carbons (Fsp3) is 1.00. The van der Waals surface area contributed by atoms with Gasteiger partial charge in [0.1, 0.15) is 0 Å². The summed E-state index contributed by atoms with van der Waals surface area (Å²) in [5.41, 5.74) is 0. The minimum atomic E-state index is 1.16. The molecule has 0 N–H and O–H groups in total. The van der Waals surface area contributed by atoms with E-state index in [9.17, 15) is 0 Å². The molecule has 0 heteroatoms. The maximum atomic E-state index is 1.61. The molecule has 0 nitrogen and oxygen atoms in total. The van der Waals surface area contributed by atoms with Gasteiger partial charge in [-0.05, 0) is 42.9 Å². The van der Waals surface area contributed by atoms with Crippen LogP contribution in [0.15, 0.2) is 0 Å². The number of fused-ring (bicyclic) bond motifs is 1. The maximum absolute atomic E-state index is 1.61. The van der Waals surface area contributed by atoms with E-state index in [-0.39, 0.29) is 0 Å². The van der Waals surface area contributed by atoms with Crippen molar-refractivity contribution in [1.82, 2.24) is 0 Å². The lowest BCUT2D eigenvalue weighted by Crippen LogP contribution is -2.40. The molecule has 0 amide bonds. The van der Waals surface area contributed by atoms with Gasteiger partial charge < -0.3 is 0 Å². The standard InChI is InChI=1S/C11H18/c1-2-9-6-8-4-5-11(9)10(3-1)7-8/h8-11H,1-7H2/t8?,9-,10+,11?. The van der Waals surface area contributed by atoms with Gasteiger partial charge in [-0.25, -0.2) is 0 Å². The molecule has 0 radical (unpaired) electrons. The molecule has 0 heterocycles. The third-order valence-electron chi connectivity index (χ3n) is 4.54. The zero-order valence-corrected chi connectivity index (χ0v) is 7.26. The van der Waals surface area contributed by atoms with E-state index < -0.39 is 0 Å². The molecule has 11 heavy (non-hydrogen) atoms. The first-order chi connectivity index (χ1) is 5.43. The van der Waals surface area contributed by atoms with E-state index >= 15 is 0 Å². The van der Waals surface area contributed by atoms with Crippen molar-refractivity contribution in [2.75, 3.05) is 0 Å². The summed E-state index contributed by atoms with van der Waals surface area (Å²) in [4.78, 5) is 0. The molecule has 4 bridgehead atoms. The Morgan fingerprint density at radius 1 is 0.727 bits per heavy atom. The van der Waals surface area contributed by atoms with Crippen LogP contribution in [-0.4, -0.2) is 0 Å². The zero-order chi connectivity index (χ0) is 7.26. The van der Waals surface area contributed by atoms with E-state index in [0.717, 1.165) is 5.92 Å². The molecule has 4 fully saturated rings. The van der Waals surface area contributed by atoms with E-state index in [0.29, 0.717) is 0 Å². The van der Waals surface area contributed by atoms with Crippen LogP contribution in [0, 0.1) is 23.7 Å². The first-order valence-electron chi connectivity index (χ1n) is 5.43. The molecule has 0 aliphatic heterocycles. The smallest absolute Gasteiger partial charge is 0.0357 e. The van der Waals surface area contributed by atoms with E-state index in [2.05, 4.69) is 0 Å². The zero-order valence-electron chi connectivity index (χ0n) is 7.26.